The maximum atomic E-state index is 11.3. The second-order valence-corrected chi connectivity index (χ2v) is 5.98. The van der Waals surface area contributed by atoms with Gasteiger partial charge in [-0.15, -0.1) is 11.3 Å². The molecule has 92 valence electrons. The molecule has 17 heavy (non-hydrogen) atoms. The van der Waals surface area contributed by atoms with Crippen molar-refractivity contribution in [1.82, 2.24) is 5.32 Å². The molecule has 0 radical (unpaired) electrons. The SMILES string of the molecule is CC(C)(C)OC(=O)NCC#Cc1ccc(Cl)s1. The summed E-state index contributed by atoms with van der Waals surface area (Å²) in [6.45, 7) is 5.69. The number of carbonyl (C=O) groups excluding carboxylic acids is 1. The maximum absolute atomic E-state index is 11.3. The molecule has 3 nitrogen and oxygen atoms in total. The monoisotopic (exact) mass is 271 g/mol. The highest BCUT2D eigenvalue weighted by molar-refractivity contribution is 7.16. The van der Waals surface area contributed by atoms with E-state index in [0.717, 1.165) is 4.88 Å². The molecule has 1 rings (SSSR count). The van der Waals surface area contributed by atoms with Gasteiger partial charge in [0.2, 0.25) is 0 Å². The van der Waals surface area contributed by atoms with E-state index in [1.54, 1.807) is 6.07 Å². The van der Waals surface area contributed by atoms with Crippen molar-refractivity contribution in [2.24, 2.45) is 0 Å². The lowest BCUT2D eigenvalue weighted by Gasteiger charge is -2.18. The average molecular weight is 272 g/mol. The molecule has 0 saturated heterocycles. The Morgan fingerprint density at radius 2 is 2.24 bits per heavy atom. The highest BCUT2D eigenvalue weighted by Crippen LogP contribution is 2.19. The summed E-state index contributed by atoms with van der Waals surface area (Å²) in [5.74, 6) is 5.72. The van der Waals surface area contributed by atoms with Crippen LogP contribution in [0.25, 0.3) is 0 Å². The summed E-state index contributed by atoms with van der Waals surface area (Å²) in [4.78, 5) is 12.1. The highest BCUT2D eigenvalue weighted by atomic mass is 35.5. The third-order valence-electron chi connectivity index (χ3n) is 1.50. The molecule has 0 aliphatic carbocycles. The number of carbonyl (C=O) groups is 1. The third kappa shape index (κ3) is 6.20. The van der Waals surface area contributed by atoms with Crippen LogP contribution in [-0.2, 0) is 4.74 Å². The first-order valence-electron chi connectivity index (χ1n) is 5.08. The number of thiophene rings is 1. The second-order valence-electron chi connectivity index (χ2n) is 4.26. The van der Waals surface area contributed by atoms with Crippen LogP contribution in [0.5, 0.6) is 0 Å². The summed E-state index contributed by atoms with van der Waals surface area (Å²) >= 11 is 7.16. The lowest BCUT2D eigenvalue weighted by Crippen LogP contribution is -2.32. The minimum absolute atomic E-state index is 0.254. The zero-order valence-corrected chi connectivity index (χ0v) is 11.5. The predicted molar refractivity (Wildman–Crippen MR) is 70.4 cm³/mol. The van der Waals surface area contributed by atoms with Gasteiger partial charge in [0, 0.05) is 0 Å². The number of nitrogens with one attached hydrogen (secondary N) is 1. The lowest BCUT2D eigenvalue weighted by molar-refractivity contribution is 0.0535. The van der Waals surface area contributed by atoms with Crippen LogP contribution < -0.4 is 5.32 Å². The number of rotatable bonds is 1. The Kier molecular flexibility index (Phi) is 4.86. The third-order valence-corrected chi connectivity index (χ3v) is 2.65. The Labute approximate surface area is 110 Å². The number of hydrogen-bond donors (Lipinski definition) is 1. The first-order valence-corrected chi connectivity index (χ1v) is 6.27. The standard InChI is InChI=1S/C12H14ClNO2S/c1-12(2,3)16-11(15)14-8-4-5-9-6-7-10(13)17-9/h6-7H,8H2,1-3H3,(H,14,15). The molecule has 0 bridgehead atoms. The van der Waals surface area contributed by atoms with Crippen molar-refractivity contribution in [1.29, 1.82) is 0 Å². The molecule has 1 aromatic heterocycles. The molecule has 0 aliphatic heterocycles. The Bertz CT molecular complexity index is 451. The molecule has 0 unspecified atom stereocenters. The molecule has 0 aliphatic rings. The van der Waals surface area contributed by atoms with Gasteiger partial charge < -0.3 is 10.1 Å². The van der Waals surface area contributed by atoms with Crippen molar-refractivity contribution < 1.29 is 9.53 Å². The van der Waals surface area contributed by atoms with Gasteiger partial charge >= 0.3 is 6.09 Å². The van der Waals surface area contributed by atoms with Crippen molar-refractivity contribution in [3.8, 4) is 11.8 Å². The van der Waals surface area contributed by atoms with Gasteiger partial charge in [-0.1, -0.05) is 23.4 Å². The first kappa shape index (κ1) is 13.9. The van der Waals surface area contributed by atoms with Crippen LogP contribution in [0.2, 0.25) is 4.34 Å². The van der Waals surface area contributed by atoms with Crippen LogP contribution >= 0.6 is 22.9 Å². The molecule has 1 heterocycles. The van der Waals surface area contributed by atoms with Crippen molar-refractivity contribution in [2.45, 2.75) is 26.4 Å². The summed E-state index contributed by atoms with van der Waals surface area (Å²) in [5, 5.41) is 2.55. The molecule has 0 aromatic carbocycles. The topological polar surface area (TPSA) is 38.3 Å². The fourth-order valence-corrected chi connectivity index (χ4v) is 1.86. The van der Waals surface area contributed by atoms with Crippen LogP contribution in [0.3, 0.4) is 0 Å². The van der Waals surface area contributed by atoms with Crippen molar-refractivity contribution in [3.05, 3.63) is 21.3 Å². The smallest absolute Gasteiger partial charge is 0.408 e. The summed E-state index contributed by atoms with van der Waals surface area (Å²) in [5.41, 5.74) is -0.487. The van der Waals surface area contributed by atoms with Gasteiger partial charge in [0.25, 0.3) is 0 Å². The largest absolute Gasteiger partial charge is 0.444 e. The molecule has 0 atom stereocenters. The van der Waals surface area contributed by atoms with Gasteiger partial charge in [0.05, 0.1) is 15.8 Å². The van der Waals surface area contributed by atoms with Crippen LogP contribution in [0, 0.1) is 11.8 Å². The molecule has 5 heteroatoms. The second kappa shape index (κ2) is 5.95. The molecular formula is C12H14ClNO2S. The summed E-state index contributed by atoms with van der Waals surface area (Å²) in [7, 11) is 0. The molecule has 0 fully saturated rings. The van der Waals surface area contributed by atoms with Crippen LogP contribution in [0.4, 0.5) is 4.79 Å². The Morgan fingerprint density at radius 1 is 1.53 bits per heavy atom. The highest BCUT2D eigenvalue weighted by Gasteiger charge is 2.14. The number of halogens is 1. The van der Waals surface area contributed by atoms with E-state index < -0.39 is 11.7 Å². The van der Waals surface area contributed by atoms with E-state index in [4.69, 9.17) is 16.3 Å². The summed E-state index contributed by atoms with van der Waals surface area (Å²) in [6, 6.07) is 3.63. The number of amides is 1. The maximum Gasteiger partial charge on any atom is 0.408 e. The Balaban J connectivity index is 2.33. The molecule has 1 amide bonds. The van der Waals surface area contributed by atoms with E-state index in [9.17, 15) is 4.79 Å². The van der Waals surface area contributed by atoms with Gasteiger partial charge in [-0.3, -0.25) is 0 Å². The minimum Gasteiger partial charge on any atom is -0.444 e. The average Bonchev–Trinajstić information content (AvgIpc) is 2.56. The molecular weight excluding hydrogens is 258 g/mol. The fraction of sp³-hybridized carbons (Fsp3) is 0.417. The Morgan fingerprint density at radius 3 is 2.76 bits per heavy atom. The van der Waals surface area contributed by atoms with Crippen LogP contribution in [0.15, 0.2) is 12.1 Å². The quantitative estimate of drug-likeness (QED) is 0.796. The van der Waals surface area contributed by atoms with Crippen molar-refractivity contribution >= 4 is 29.0 Å². The fourth-order valence-electron chi connectivity index (χ4n) is 0.943. The molecule has 0 spiro atoms. The van der Waals surface area contributed by atoms with E-state index in [2.05, 4.69) is 17.2 Å². The van der Waals surface area contributed by atoms with Gasteiger partial charge in [-0.05, 0) is 32.9 Å². The van der Waals surface area contributed by atoms with Gasteiger partial charge in [-0.2, -0.15) is 0 Å². The number of hydrogen-bond acceptors (Lipinski definition) is 3. The van der Waals surface area contributed by atoms with Crippen LogP contribution in [0.1, 0.15) is 25.6 Å². The van der Waals surface area contributed by atoms with E-state index in [1.807, 2.05) is 26.8 Å². The number of ether oxygens (including phenoxy) is 1. The van der Waals surface area contributed by atoms with Crippen LogP contribution in [-0.4, -0.2) is 18.2 Å². The lowest BCUT2D eigenvalue weighted by atomic mass is 10.2. The van der Waals surface area contributed by atoms with Crippen molar-refractivity contribution in [3.63, 3.8) is 0 Å². The van der Waals surface area contributed by atoms with E-state index >= 15 is 0 Å². The van der Waals surface area contributed by atoms with Crippen molar-refractivity contribution in [2.75, 3.05) is 6.54 Å². The zero-order valence-electron chi connectivity index (χ0n) is 9.96. The summed E-state index contributed by atoms with van der Waals surface area (Å²) in [6.07, 6.45) is -0.462. The first-order chi connectivity index (χ1) is 7.87. The molecule has 1 N–H and O–H groups in total. The Hall–Kier alpha value is -1.18. The zero-order chi connectivity index (χ0) is 12.9. The minimum atomic E-state index is -0.487. The van der Waals surface area contributed by atoms with E-state index in [0.29, 0.717) is 4.34 Å². The van der Waals surface area contributed by atoms with E-state index in [1.165, 1.54) is 11.3 Å². The van der Waals surface area contributed by atoms with E-state index in [-0.39, 0.29) is 6.54 Å². The molecule has 1 aromatic rings. The molecule has 0 saturated carbocycles. The number of alkyl carbamates (subject to hydrolysis) is 1. The normalized spacial score (nSPS) is 10.4. The van der Waals surface area contributed by atoms with Gasteiger partial charge in [0.1, 0.15) is 5.60 Å². The van der Waals surface area contributed by atoms with Gasteiger partial charge in [-0.25, -0.2) is 4.79 Å². The van der Waals surface area contributed by atoms with Gasteiger partial charge in [0.15, 0.2) is 0 Å². The predicted octanol–water partition coefficient (Wildman–Crippen LogP) is 3.28. The summed E-state index contributed by atoms with van der Waals surface area (Å²) < 4.78 is 5.76.